The Morgan fingerprint density at radius 3 is 2.52 bits per heavy atom. The van der Waals surface area contributed by atoms with Crippen molar-refractivity contribution in [3.8, 4) is 0 Å². The molecule has 2 saturated carbocycles. The van der Waals surface area contributed by atoms with Gasteiger partial charge in [-0.3, -0.25) is 0 Å². The van der Waals surface area contributed by atoms with Crippen LogP contribution < -0.4 is 11.1 Å². The van der Waals surface area contributed by atoms with Crippen molar-refractivity contribution < 1.29 is 8.42 Å². The quantitative estimate of drug-likeness (QED) is 0.789. The van der Waals surface area contributed by atoms with Gasteiger partial charge in [0.25, 0.3) is 0 Å². The second-order valence-corrected chi connectivity index (χ2v) is 8.68. The Balaban J connectivity index is 1.78. The van der Waals surface area contributed by atoms with Gasteiger partial charge >= 0.3 is 0 Å². The van der Waals surface area contributed by atoms with E-state index in [4.69, 9.17) is 5.73 Å². The Morgan fingerprint density at radius 1 is 1.33 bits per heavy atom. The number of hydrogen-bond donors (Lipinski definition) is 2. The van der Waals surface area contributed by atoms with E-state index in [1.807, 2.05) is 0 Å². The van der Waals surface area contributed by atoms with Crippen LogP contribution in [0, 0.1) is 11.3 Å². The zero-order valence-corrected chi connectivity index (χ0v) is 13.4. The number of benzene rings is 1. The van der Waals surface area contributed by atoms with Gasteiger partial charge in [0.15, 0.2) is 0 Å². The number of hydrogen-bond acceptors (Lipinski definition) is 4. The molecule has 0 spiro atoms. The second kappa shape index (κ2) is 4.88. The summed E-state index contributed by atoms with van der Waals surface area (Å²) in [5.41, 5.74) is 7.75. The van der Waals surface area contributed by atoms with Gasteiger partial charge in [-0.05, 0) is 55.2 Å². The Kier molecular flexibility index (Phi) is 3.41. The average molecular weight is 309 g/mol. The van der Waals surface area contributed by atoms with Gasteiger partial charge in [0, 0.05) is 20.6 Å². The minimum atomic E-state index is -3.42. The molecule has 0 aromatic heterocycles. The molecule has 0 saturated heterocycles. The van der Waals surface area contributed by atoms with Crippen molar-refractivity contribution in [2.24, 2.45) is 11.3 Å². The normalized spacial score (nSPS) is 20.5. The molecule has 0 aliphatic heterocycles. The average Bonchev–Trinajstić information content (AvgIpc) is 3.29. The molecule has 1 aromatic rings. The highest BCUT2D eigenvalue weighted by molar-refractivity contribution is 7.89. The van der Waals surface area contributed by atoms with E-state index in [9.17, 15) is 8.42 Å². The van der Waals surface area contributed by atoms with E-state index in [2.05, 4.69) is 5.32 Å². The van der Waals surface area contributed by atoms with Gasteiger partial charge in [0.05, 0.1) is 16.3 Å². The highest BCUT2D eigenvalue weighted by Crippen LogP contribution is 2.61. The molecular formula is C15H23N3O2S. The van der Waals surface area contributed by atoms with E-state index < -0.39 is 10.0 Å². The van der Waals surface area contributed by atoms with Crippen LogP contribution in [-0.2, 0) is 10.0 Å². The van der Waals surface area contributed by atoms with Crippen molar-refractivity contribution in [2.45, 2.75) is 30.6 Å². The second-order valence-electron chi connectivity index (χ2n) is 6.53. The van der Waals surface area contributed by atoms with Crippen LogP contribution in [0.25, 0.3) is 0 Å². The molecule has 2 aliphatic carbocycles. The van der Waals surface area contributed by atoms with Gasteiger partial charge in [-0.25, -0.2) is 12.7 Å². The minimum absolute atomic E-state index is 0.278. The van der Waals surface area contributed by atoms with Crippen LogP contribution in [0.5, 0.6) is 0 Å². The molecule has 1 aromatic carbocycles. The lowest BCUT2D eigenvalue weighted by Crippen LogP contribution is -2.23. The van der Waals surface area contributed by atoms with Crippen molar-refractivity contribution in [2.75, 3.05) is 31.7 Å². The van der Waals surface area contributed by atoms with Gasteiger partial charge in [-0.1, -0.05) is 0 Å². The number of rotatable bonds is 6. The van der Waals surface area contributed by atoms with E-state index in [1.54, 1.807) is 18.2 Å². The Bertz CT molecular complexity index is 647. The molecule has 0 bridgehead atoms. The first-order chi connectivity index (χ1) is 9.85. The fourth-order valence-electron chi connectivity index (χ4n) is 2.92. The third-order valence-electron chi connectivity index (χ3n) is 4.77. The van der Waals surface area contributed by atoms with Gasteiger partial charge in [0.1, 0.15) is 0 Å². The van der Waals surface area contributed by atoms with Gasteiger partial charge < -0.3 is 11.1 Å². The first-order valence-corrected chi connectivity index (χ1v) is 8.85. The molecule has 0 heterocycles. The number of sulfonamides is 1. The predicted octanol–water partition coefficient (Wildman–Crippen LogP) is 2.12. The highest BCUT2D eigenvalue weighted by atomic mass is 32.2. The molecule has 0 unspecified atom stereocenters. The zero-order chi connectivity index (χ0) is 15.3. The number of nitrogens with one attached hydrogen (secondary N) is 1. The molecule has 2 fully saturated rings. The van der Waals surface area contributed by atoms with Gasteiger partial charge in [-0.2, -0.15) is 0 Å². The molecule has 6 heteroatoms. The number of anilines is 2. The molecule has 0 radical (unpaired) electrons. The summed E-state index contributed by atoms with van der Waals surface area (Å²) in [7, 11) is -0.355. The maximum Gasteiger partial charge on any atom is 0.242 e. The molecule has 116 valence electrons. The summed E-state index contributed by atoms with van der Waals surface area (Å²) in [6.07, 6.45) is 5.24. The summed E-state index contributed by atoms with van der Waals surface area (Å²) in [4.78, 5) is 0.278. The number of nitrogens with zero attached hydrogens (tertiary/aromatic N) is 1. The largest absolute Gasteiger partial charge is 0.397 e. The maximum atomic E-state index is 12.2. The van der Waals surface area contributed by atoms with E-state index >= 15 is 0 Å². The number of nitrogens with two attached hydrogens (primary N) is 1. The summed E-state index contributed by atoms with van der Waals surface area (Å²) in [5, 5.41) is 3.38. The molecule has 0 amide bonds. The van der Waals surface area contributed by atoms with Crippen molar-refractivity contribution >= 4 is 21.4 Å². The Labute approximate surface area is 126 Å². The standard InChI is InChI=1S/C15H23N3O2S/c1-18(2)21(19,20)12-5-6-13(16)14(9-12)17-10-15(7-8-15)11-3-4-11/h5-6,9,11,17H,3-4,7-8,10,16H2,1-2H3. The van der Waals surface area contributed by atoms with Crippen LogP contribution in [0.2, 0.25) is 0 Å². The molecule has 3 rings (SSSR count). The minimum Gasteiger partial charge on any atom is -0.397 e. The smallest absolute Gasteiger partial charge is 0.242 e. The van der Waals surface area contributed by atoms with E-state index in [1.165, 1.54) is 44.1 Å². The Morgan fingerprint density at radius 2 is 2.00 bits per heavy atom. The summed E-state index contributed by atoms with van der Waals surface area (Å²) in [5.74, 6) is 0.861. The highest BCUT2D eigenvalue weighted by Gasteiger charge is 2.53. The summed E-state index contributed by atoms with van der Waals surface area (Å²) in [6, 6.07) is 4.87. The lowest BCUT2D eigenvalue weighted by atomic mass is 10.0. The summed E-state index contributed by atoms with van der Waals surface area (Å²) >= 11 is 0. The maximum absolute atomic E-state index is 12.2. The summed E-state index contributed by atoms with van der Waals surface area (Å²) < 4.78 is 25.6. The van der Waals surface area contributed by atoms with E-state index in [0.29, 0.717) is 11.1 Å². The lowest BCUT2D eigenvalue weighted by Gasteiger charge is -2.18. The molecule has 3 N–H and O–H groups in total. The molecule has 2 aliphatic rings. The molecule has 21 heavy (non-hydrogen) atoms. The van der Waals surface area contributed by atoms with E-state index in [0.717, 1.165) is 18.2 Å². The van der Waals surface area contributed by atoms with Crippen LogP contribution in [0.4, 0.5) is 11.4 Å². The van der Waals surface area contributed by atoms with Crippen LogP contribution in [-0.4, -0.2) is 33.4 Å². The Hall–Kier alpha value is -1.27. The molecular weight excluding hydrogens is 286 g/mol. The SMILES string of the molecule is CN(C)S(=O)(=O)c1ccc(N)c(NCC2(C3CC3)CC2)c1. The lowest BCUT2D eigenvalue weighted by molar-refractivity contribution is 0.467. The summed E-state index contributed by atoms with van der Waals surface area (Å²) in [6.45, 7) is 0.896. The monoisotopic (exact) mass is 309 g/mol. The van der Waals surface area contributed by atoms with Crippen LogP contribution in [0.1, 0.15) is 25.7 Å². The van der Waals surface area contributed by atoms with Crippen molar-refractivity contribution in [1.82, 2.24) is 4.31 Å². The fourth-order valence-corrected chi connectivity index (χ4v) is 3.85. The van der Waals surface area contributed by atoms with E-state index in [-0.39, 0.29) is 4.90 Å². The predicted molar refractivity (Wildman–Crippen MR) is 84.6 cm³/mol. The first-order valence-electron chi connectivity index (χ1n) is 7.41. The van der Waals surface area contributed by atoms with Crippen molar-refractivity contribution in [3.05, 3.63) is 18.2 Å². The van der Waals surface area contributed by atoms with Crippen molar-refractivity contribution in [3.63, 3.8) is 0 Å². The fraction of sp³-hybridized carbons (Fsp3) is 0.600. The zero-order valence-electron chi connectivity index (χ0n) is 12.6. The molecule has 0 atom stereocenters. The number of nitrogen functional groups attached to an aromatic ring is 1. The third kappa shape index (κ3) is 2.74. The first kappa shape index (κ1) is 14.7. The van der Waals surface area contributed by atoms with Crippen LogP contribution >= 0.6 is 0 Å². The van der Waals surface area contributed by atoms with Crippen molar-refractivity contribution in [1.29, 1.82) is 0 Å². The van der Waals surface area contributed by atoms with Gasteiger partial charge in [0.2, 0.25) is 10.0 Å². The van der Waals surface area contributed by atoms with Crippen LogP contribution in [0.3, 0.4) is 0 Å². The van der Waals surface area contributed by atoms with Gasteiger partial charge in [-0.15, -0.1) is 0 Å². The topological polar surface area (TPSA) is 75.4 Å². The van der Waals surface area contributed by atoms with Crippen LogP contribution in [0.15, 0.2) is 23.1 Å². The molecule has 5 nitrogen and oxygen atoms in total. The third-order valence-corrected chi connectivity index (χ3v) is 6.58.